The number of amides is 4. The highest BCUT2D eigenvalue weighted by atomic mass is 16.4. The van der Waals surface area contributed by atoms with Gasteiger partial charge in [-0.25, -0.2) is 4.79 Å². The molecule has 0 aromatic rings. The molecule has 0 unspecified atom stereocenters. The lowest BCUT2D eigenvalue weighted by Crippen LogP contribution is -2.60. The van der Waals surface area contributed by atoms with Gasteiger partial charge in [-0.2, -0.15) is 0 Å². The summed E-state index contributed by atoms with van der Waals surface area (Å²) >= 11 is 0. The van der Waals surface area contributed by atoms with Gasteiger partial charge in [-0.05, 0) is 19.3 Å². The molecule has 0 heterocycles. The Morgan fingerprint density at radius 3 is 1.78 bits per heavy atom. The number of nitrogens with two attached hydrogens (primary N) is 2. The van der Waals surface area contributed by atoms with Crippen molar-refractivity contribution in [3.05, 3.63) is 0 Å². The van der Waals surface area contributed by atoms with E-state index in [-0.39, 0.29) is 12.8 Å². The van der Waals surface area contributed by atoms with Crippen molar-refractivity contribution in [3.8, 4) is 0 Å². The minimum Gasteiger partial charge on any atom is -0.481 e. The van der Waals surface area contributed by atoms with Crippen LogP contribution in [0.3, 0.4) is 0 Å². The molecule has 0 saturated carbocycles. The lowest BCUT2D eigenvalue weighted by molar-refractivity contribution is -0.143. The fourth-order valence-electron chi connectivity index (χ4n) is 2.53. The van der Waals surface area contributed by atoms with Gasteiger partial charge in [0.05, 0.1) is 18.6 Å². The van der Waals surface area contributed by atoms with E-state index < -0.39 is 78.2 Å². The molecule has 5 atom stereocenters. The van der Waals surface area contributed by atoms with Crippen LogP contribution in [-0.2, 0) is 28.8 Å². The van der Waals surface area contributed by atoms with Gasteiger partial charge in [-0.1, -0.05) is 13.8 Å². The number of hydrogen-bond acceptors (Lipinski definition) is 8. The molecule has 0 rings (SSSR count). The van der Waals surface area contributed by atoms with Gasteiger partial charge in [0.25, 0.3) is 0 Å². The third-order valence-electron chi connectivity index (χ3n) is 4.34. The van der Waals surface area contributed by atoms with Crippen LogP contribution in [0.2, 0.25) is 0 Å². The Morgan fingerprint density at radius 2 is 1.38 bits per heavy atom. The van der Waals surface area contributed by atoms with Crippen LogP contribution in [0.4, 0.5) is 0 Å². The van der Waals surface area contributed by atoms with Crippen molar-refractivity contribution >= 4 is 35.6 Å². The maximum Gasteiger partial charge on any atom is 0.326 e. The summed E-state index contributed by atoms with van der Waals surface area (Å²) in [5.74, 6) is -6.94. The van der Waals surface area contributed by atoms with Gasteiger partial charge >= 0.3 is 11.9 Å². The lowest BCUT2D eigenvalue weighted by atomic mass is 10.0. The molecule has 182 valence electrons. The quantitative estimate of drug-likeness (QED) is 0.127. The number of aliphatic hydroxyl groups excluding tert-OH is 1. The minimum absolute atomic E-state index is 0.281. The van der Waals surface area contributed by atoms with Crippen LogP contribution in [0.1, 0.15) is 40.0 Å². The van der Waals surface area contributed by atoms with E-state index in [1.165, 1.54) is 0 Å². The minimum atomic E-state index is -1.62. The first-order chi connectivity index (χ1) is 14.7. The molecule has 0 fully saturated rings. The lowest BCUT2D eigenvalue weighted by Gasteiger charge is -2.26. The third-order valence-corrected chi connectivity index (χ3v) is 4.34. The van der Waals surface area contributed by atoms with E-state index in [1.807, 2.05) is 0 Å². The number of carboxylic acids is 2. The summed E-state index contributed by atoms with van der Waals surface area (Å²) < 4.78 is 0. The standard InChI is InChI=1S/C18H31N5O9/c1-7(2)13(18(31)32)22-16(29)10(4-5-11(20)25)21-17(30)14(8(3)24)23-15(28)9(19)6-12(26)27/h7-10,13-14,24H,4-6,19H2,1-3H3,(H2,20,25)(H,21,30)(H,22,29)(H,23,28)(H,26,27)(H,31,32)/t8-,9+,10+,13+,14+/m1/s1. The van der Waals surface area contributed by atoms with Gasteiger partial charge in [-0.15, -0.1) is 0 Å². The summed E-state index contributed by atoms with van der Waals surface area (Å²) in [6, 6.07) is -5.82. The van der Waals surface area contributed by atoms with Gasteiger partial charge < -0.3 is 42.7 Å². The second-order valence-electron chi connectivity index (χ2n) is 7.57. The molecule has 0 aliphatic carbocycles. The van der Waals surface area contributed by atoms with Gasteiger partial charge in [-0.3, -0.25) is 24.0 Å². The second-order valence-corrected chi connectivity index (χ2v) is 7.57. The molecule has 32 heavy (non-hydrogen) atoms. The number of hydrogen-bond donors (Lipinski definition) is 8. The maximum atomic E-state index is 12.6. The molecule has 0 spiro atoms. The zero-order valence-electron chi connectivity index (χ0n) is 18.0. The molecule has 0 bridgehead atoms. The van der Waals surface area contributed by atoms with E-state index in [0.29, 0.717) is 0 Å². The van der Waals surface area contributed by atoms with Crippen molar-refractivity contribution in [1.29, 1.82) is 0 Å². The summed E-state index contributed by atoms with van der Waals surface area (Å²) in [6.45, 7) is 4.26. The fraction of sp³-hybridized carbons (Fsp3) is 0.667. The van der Waals surface area contributed by atoms with Crippen molar-refractivity contribution in [3.63, 3.8) is 0 Å². The highest BCUT2D eigenvalue weighted by Crippen LogP contribution is 2.06. The summed E-state index contributed by atoms with van der Waals surface area (Å²) in [5.41, 5.74) is 10.5. The SMILES string of the molecule is CC(C)[C@H](NC(=O)[C@H](CCC(N)=O)NC(=O)[C@@H](NC(=O)[C@@H](N)CC(=O)O)[C@@H](C)O)C(=O)O. The number of rotatable bonds is 14. The van der Waals surface area contributed by atoms with Crippen LogP contribution in [0.15, 0.2) is 0 Å². The molecule has 0 aromatic carbocycles. The van der Waals surface area contributed by atoms with Crippen molar-refractivity contribution in [2.24, 2.45) is 17.4 Å². The second kappa shape index (κ2) is 13.2. The number of primary amides is 1. The molecule has 4 amide bonds. The van der Waals surface area contributed by atoms with Crippen LogP contribution < -0.4 is 27.4 Å². The molecule has 10 N–H and O–H groups in total. The summed E-state index contributed by atoms with van der Waals surface area (Å²) in [5, 5.41) is 34.4. The molecule has 0 aliphatic rings. The van der Waals surface area contributed by atoms with Crippen molar-refractivity contribution in [1.82, 2.24) is 16.0 Å². The highest BCUT2D eigenvalue weighted by molar-refractivity contribution is 5.95. The zero-order valence-corrected chi connectivity index (χ0v) is 18.0. The van der Waals surface area contributed by atoms with Crippen LogP contribution in [0.5, 0.6) is 0 Å². The first-order valence-corrected chi connectivity index (χ1v) is 9.75. The first-order valence-electron chi connectivity index (χ1n) is 9.75. The Hall–Kier alpha value is -3.26. The molecule has 0 aromatic heterocycles. The molecule has 14 nitrogen and oxygen atoms in total. The van der Waals surface area contributed by atoms with E-state index in [1.54, 1.807) is 13.8 Å². The Kier molecular flexibility index (Phi) is 11.9. The Balaban J connectivity index is 5.50. The fourth-order valence-corrected chi connectivity index (χ4v) is 2.53. The van der Waals surface area contributed by atoms with E-state index in [4.69, 9.17) is 16.6 Å². The van der Waals surface area contributed by atoms with Crippen LogP contribution in [0.25, 0.3) is 0 Å². The van der Waals surface area contributed by atoms with Crippen LogP contribution in [0, 0.1) is 5.92 Å². The number of carbonyl (C=O) groups excluding carboxylic acids is 4. The number of carboxylic acid groups (broad SMARTS) is 2. The molecule has 0 aliphatic heterocycles. The van der Waals surface area contributed by atoms with Crippen molar-refractivity contribution in [2.75, 3.05) is 0 Å². The topological polar surface area (TPSA) is 251 Å². The Morgan fingerprint density at radius 1 is 0.844 bits per heavy atom. The molecule has 0 radical (unpaired) electrons. The Labute approximate surface area is 184 Å². The van der Waals surface area contributed by atoms with Gasteiger partial charge in [0.15, 0.2) is 0 Å². The van der Waals surface area contributed by atoms with Gasteiger partial charge in [0.2, 0.25) is 23.6 Å². The highest BCUT2D eigenvalue weighted by Gasteiger charge is 2.33. The number of aliphatic carboxylic acids is 2. The predicted octanol–water partition coefficient (Wildman–Crippen LogP) is -3.37. The van der Waals surface area contributed by atoms with E-state index >= 15 is 0 Å². The number of carbonyl (C=O) groups is 6. The van der Waals surface area contributed by atoms with E-state index in [9.17, 15) is 39.0 Å². The average Bonchev–Trinajstić information content (AvgIpc) is 2.65. The first kappa shape index (κ1) is 28.7. The Bertz CT molecular complexity index is 726. The van der Waals surface area contributed by atoms with Crippen molar-refractivity contribution in [2.45, 2.75) is 70.3 Å². The zero-order chi connectivity index (χ0) is 25.2. The third kappa shape index (κ3) is 10.2. The smallest absolute Gasteiger partial charge is 0.326 e. The van der Waals surface area contributed by atoms with Crippen LogP contribution >= 0.6 is 0 Å². The van der Waals surface area contributed by atoms with E-state index in [2.05, 4.69) is 16.0 Å². The monoisotopic (exact) mass is 461 g/mol. The largest absolute Gasteiger partial charge is 0.481 e. The van der Waals surface area contributed by atoms with Gasteiger partial charge in [0.1, 0.15) is 18.1 Å². The summed E-state index contributed by atoms with van der Waals surface area (Å²) in [6.07, 6.45) is -2.81. The normalized spacial score (nSPS) is 15.6. The maximum absolute atomic E-state index is 12.6. The number of aliphatic hydroxyl groups is 1. The molecule has 14 heteroatoms. The van der Waals surface area contributed by atoms with E-state index in [0.717, 1.165) is 6.92 Å². The molecular formula is C18H31N5O9. The van der Waals surface area contributed by atoms with Crippen LogP contribution in [-0.4, -0.2) is 81.2 Å². The van der Waals surface area contributed by atoms with Gasteiger partial charge in [0, 0.05) is 6.42 Å². The average molecular weight is 461 g/mol. The van der Waals surface area contributed by atoms with Crippen molar-refractivity contribution < 1.29 is 44.1 Å². The summed E-state index contributed by atoms with van der Waals surface area (Å²) in [4.78, 5) is 70.4. The molecule has 0 saturated heterocycles. The summed E-state index contributed by atoms with van der Waals surface area (Å²) in [7, 11) is 0. The molecular weight excluding hydrogens is 430 g/mol. The predicted molar refractivity (Wildman–Crippen MR) is 109 cm³/mol. The number of nitrogens with one attached hydrogen (secondary N) is 3.